The van der Waals surface area contributed by atoms with Gasteiger partial charge in [-0.1, -0.05) is 55.4 Å². The van der Waals surface area contributed by atoms with Gasteiger partial charge in [0.1, 0.15) is 58.4 Å². The smallest absolute Gasteiger partial charge is 0.497 e. The number of ketones is 2. The Morgan fingerprint density at radius 3 is 2.03 bits per heavy atom. The number of benzene rings is 1. The number of rotatable bonds is 17. The first kappa shape index (κ1) is 61.9. The van der Waals surface area contributed by atoms with Crippen LogP contribution in [0.5, 0.6) is 11.5 Å². The van der Waals surface area contributed by atoms with Gasteiger partial charge in [0.25, 0.3) is 0 Å². The fourth-order valence-corrected chi connectivity index (χ4v) is 18.7. The fourth-order valence-electron chi connectivity index (χ4n) is 12.6. The molecule has 2 N–H and O–H groups in total. The number of nitrogens with one attached hydrogen (secondary N) is 1. The van der Waals surface area contributed by atoms with Crippen molar-refractivity contribution in [2.45, 2.75) is 185 Å². The van der Waals surface area contributed by atoms with Crippen molar-refractivity contribution in [3.63, 3.8) is 0 Å². The van der Waals surface area contributed by atoms with Crippen LogP contribution in [0, 0.1) is 16.7 Å². The fraction of sp³-hybridized carbons (Fsp3) is 0.660. The standard InChI is InChI=1S/C53H72F3NO19SSi/c1-26(2)78(27(3)4,28(5)6)76-41(39(34-18-17-21-69-34)57-47(63)74-48(9,10)11)46(62)71-35-24-52(64)44(72-45(61)32-22-31(67-15)19-20-33(32)68-16)42-50(14,43(60)40(59)38(29(35)7)49(52,12)13)36(75-77(65,66)53(54,55)56)23-37-51(42,25-70-37)73-30(8)58/h17-22,26-28,35-37,39,41-42,44,64H,23-25H2,1-16H3,(H,57,63)/t35-,36-,37+,39-,41+,42-,44-,50+,51-,52+/m0/s1. The molecule has 2 heterocycles. The van der Waals surface area contributed by atoms with E-state index in [4.69, 9.17) is 46.2 Å². The molecule has 1 saturated heterocycles. The van der Waals surface area contributed by atoms with Crippen LogP contribution in [0.15, 0.2) is 52.2 Å². The van der Waals surface area contributed by atoms with E-state index in [0.29, 0.717) is 0 Å². The average Bonchev–Trinajstić information content (AvgIpc) is 3.89. The summed E-state index contributed by atoms with van der Waals surface area (Å²) in [5, 5.41) is 16.8. The predicted octanol–water partition coefficient (Wildman–Crippen LogP) is 8.15. The van der Waals surface area contributed by atoms with Crippen molar-refractivity contribution in [3.8, 4) is 11.5 Å². The zero-order valence-electron chi connectivity index (χ0n) is 46.7. The minimum atomic E-state index is -6.62. The molecule has 78 heavy (non-hydrogen) atoms. The largest absolute Gasteiger partial charge is 0.523 e. The maximum absolute atomic E-state index is 15.7. The van der Waals surface area contributed by atoms with Crippen LogP contribution in [0.3, 0.4) is 0 Å². The molecule has 2 saturated carbocycles. The second kappa shape index (κ2) is 21.6. The summed E-state index contributed by atoms with van der Waals surface area (Å²) >= 11 is 0. The number of ether oxygens (including phenoxy) is 7. The van der Waals surface area contributed by atoms with Crippen LogP contribution in [0.4, 0.5) is 18.0 Å². The van der Waals surface area contributed by atoms with E-state index in [1.54, 1.807) is 20.8 Å². The molecule has 434 valence electrons. The Kier molecular flexibility index (Phi) is 17.1. The summed E-state index contributed by atoms with van der Waals surface area (Å²) in [7, 11) is -7.34. The Morgan fingerprint density at radius 1 is 0.923 bits per heavy atom. The number of alkyl halides is 3. The first-order valence-corrected chi connectivity index (χ1v) is 29.0. The van der Waals surface area contributed by atoms with Crippen molar-refractivity contribution in [2.75, 3.05) is 20.8 Å². The average molecular weight is 1140 g/mol. The van der Waals surface area contributed by atoms with Crippen LogP contribution in [0.1, 0.15) is 132 Å². The summed E-state index contributed by atoms with van der Waals surface area (Å²) in [6.45, 7) is 21.7. The normalized spacial score (nSPS) is 28.1. The van der Waals surface area contributed by atoms with Crippen molar-refractivity contribution in [2.24, 2.45) is 16.7 Å². The molecule has 4 aliphatic rings. The number of furan rings is 1. The van der Waals surface area contributed by atoms with Gasteiger partial charge in [-0.05, 0) is 87.1 Å². The number of carbonyl (C=O) groups is 6. The number of aliphatic hydroxyl groups is 1. The van der Waals surface area contributed by atoms with Crippen LogP contribution in [-0.4, -0.2) is 131 Å². The van der Waals surface area contributed by atoms with Crippen molar-refractivity contribution in [3.05, 3.63) is 59.1 Å². The molecule has 0 unspecified atom stereocenters. The predicted molar refractivity (Wildman–Crippen MR) is 272 cm³/mol. The van der Waals surface area contributed by atoms with E-state index in [0.717, 1.165) is 13.8 Å². The van der Waals surface area contributed by atoms with Crippen LogP contribution >= 0.6 is 0 Å². The second-order valence-corrected chi connectivity index (χ2v) is 30.1. The number of alkyl carbamates (subject to hydrolysis) is 1. The summed E-state index contributed by atoms with van der Waals surface area (Å²) < 4.78 is 128. The van der Waals surface area contributed by atoms with E-state index < -0.39 is 155 Å². The number of carbonyl (C=O) groups excluding carboxylic acids is 6. The highest BCUT2D eigenvalue weighted by molar-refractivity contribution is 7.87. The lowest BCUT2D eigenvalue weighted by Gasteiger charge is -2.66. The van der Waals surface area contributed by atoms with Gasteiger partial charge >= 0.3 is 39.6 Å². The van der Waals surface area contributed by atoms with Gasteiger partial charge in [-0.25, -0.2) is 14.4 Å². The summed E-state index contributed by atoms with van der Waals surface area (Å²) in [6, 6.07) is 5.49. The number of Topliss-reactive ketones (excluding diaryl/α,β-unsaturated/α-hetero) is 2. The molecule has 25 heteroatoms. The second-order valence-electron chi connectivity index (χ2n) is 23.1. The van der Waals surface area contributed by atoms with Gasteiger partial charge in [0, 0.05) is 30.8 Å². The van der Waals surface area contributed by atoms with Crippen LogP contribution in [-0.2, 0) is 61.6 Å². The number of methoxy groups -OCH3 is 2. The maximum atomic E-state index is 15.7. The first-order chi connectivity index (χ1) is 35.8. The van der Waals surface area contributed by atoms with Gasteiger partial charge in [-0.2, -0.15) is 21.6 Å². The first-order valence-electron chi connectivity index (χ1n) is 25.5. The summed E-state index contributed by atoms with van der Waals surface area (Å²) in [5.74, 6) is -8.88. The lowest BCUT2D eigenvalue weighted by atomic mass is 9.45. The molecule has 6 rings (SSSR count). The molecule has 2 aromatic rings. The number of hydrogen-bond acceptors (Lipinski definition) is 19. The molecule has 3 fully saturated rings. The van der Waals surface area contributed by atoms with E-state index in [1.807, 2.05) is 41.5 Å². The topological polar surface area (TPSA) is 265 Å². The van der Waals surface area contributed by atoms with Crippen LogP contribution in [0.2, 0.25) is 16.6 Å². The molecule has 3 aliphatic carbocycles. The van der Waals surface area contributed by atoms with Gasteiger partial charge in [0.15, 0.2) is 11.7 Å². The Bertz CT molecular complexity index is 2790. The van der Waals surface area contributed by atoms with Crippen molar-refractivity contribution in [1.29, 1.82) is 0 Å². The minimum Gasteiger partial charge on any atom is -0.497 e. The molecule has 1 aromatic carbocycles. The highest BCUT2D eigenvalue weighted by Gasteiger charge is 2.79. The third kappa shape index (κ3) is 10.6. The third-order valence-corrected chi connectivity index (χ3v) is 23.3. The molecule has 20 nitrogen and oxygen atoms in total. The lowest BCUT2D eigenvalue weighted by molar-refractivity contribution is -0.342. The van der Waals surface area contributed by atoms with E-state index in [-0.39, 0.29) is 45.0 Å². The number of hydrogen-bond donors (Lipinski definition) is 2. The zero-order chi connectivity index (χ0) is 58.8. The minimum absolute atomic E-state index is 0.0280. The van der Waals surface area contributed by atoms with E-state index in [2.05, 4.69) is 5.32 Å². The van der Waals surface area contributed by atoms with E-state index >= 15 is 19.2 Å². The Labute approximate surface area is 452 Å². The molecule has 2 bridgehead atoms. The summed E-state index contributed by atoms with van der Waals surface area (Å²) in [6.07, 6.45) is -11.5. The van der Waals surface area contributed by atoms with Crippen molar-refractivity contribution < 1.29 is 102 Å². The maximum Gasteiger partial charge on any atom is 0.523 e. The van der Waals surface area contributed by atoms with Gasteiger partial charge in [-0.3, -0.25) is 18.6 Å². The van der Waals surface area contributed by atoms with Crippen molar-refractivity contribution in [1.82, 2.24) is 5.32 Å². The van der Waals surface area contributed by atoms with Gasteiger partial charge in [0.2, 0.25) is 19.9 Å². The molecule has 0 radical (unpaired) electrons. The molecule has 0 spiro atoms. The summed E-state index contributed by atoms with van der Waals surface area (Å²) in [4.78, 5) is 88.9. The van der Waals surface area contributed by atoms with E-state index in [9.17, 15) is 36.3 Å². The van der Waals surface area contributed by atoms with E-state index in [1.165, 1.54) is 71.6 Å². The van der Waals surface area contributed by atoms with Crippen LogP contribution in [0.25, 0.3) is 0 Å². The van der Waals surface area contributed by atoms with Gasteiger partial charge < -0.3 is 52.4 Å². The molecule has 1 aromatic heterocycles. The van der Waals surface area contributed by atoms with Gasteiger partial charge in [-0.15, -0.1) is 0 Å². The highest BCUT2D eigenvalue weighted by atomic mass is 32.2. The van der Waals surface area contributed by atoms with Gasteiger partial charge in [0.05, 0.1) is 44.5 Å². The monoisotopic (exact) mass is 1140 g/mol. The Hall–Kier alpha value is -5.34. The quantitative estimate of drug-likeness (QED) is 0.0378. The zero-order valence-corrected chi connectivity index (χ0v) is 48.5. The number of esters is 3. The lowest BCUT2D eigenvalue weighted by Crippen LogP contribution is -2.81. The molecule has 10 atom stereocenters. The molecule has 1 aliphatic heterocycles. The summed E-state index contributed by atoms with van der Waals surface area (Å²) in [5.41, 5.74) is -18.9. The number of fused-ring (bicyclic) bond motifs is 5. The highest BCUT2D eigenvalue weighted by Crippen LogP contribution is 2.64. The Balaban J connectivity index is 1.66. The Morgan fingerprint density at radius 2 is 1.54 bits per heavy atom. The van der Waals surface area contributed by atoms with Crippen LogP contribution < -0.4 is 14.8 Å². The van der Waals surface area contributed by atoms with Crippen molar-refractivity contribution >= 4 is 54.0 Å². The number of halogens is 3. The molecular weight excluding hydrogens is 1070 g/mol. The third-order valence-electron chi connectivity index (χ3n) is 16.2. The SMILES string of the molecule is COc1ccc(OC)c(C(=O)O[C@H]2[C@@H]3[C@]4(OC(C)=O)CO[C@@H]4C[C@H](OS(=O)(=O)C(F)(F)F)[C@@]3(C)C(=O)C(=O)C3=C(C)[C@@H](OC(=O)[C@H](O[Si](C(C)C)(C(C)C)C(C)C)[C@@H](NC(=O)OC(C)(C)C)c4ccco4)C[C@]2(O)C3(C)C)c1. The molecule has 1 amide bonds. The molecular formula is C53H72F3NO19SSi. The number of amides is 1.